The van der Waals surface area contributed by atoms with Gasteiger partial charge in [-0.15, -0.1) is 0 Å². The normalized spacial score (nSPS) is 12.4. The Morgan fingerprint density at radius 3 is 2.82 bits per heavy atom. The highest BCUT2D eigenvalue weighted by Gasteiger charge is 2.10. The van der Waals surface area contributed by atoms with E-state index in [4.69, 9.17) is 14.9 Å². The van der Waals surface area contributed by atoms with Crippen LogP contribution in [0.2, 0.25) is 0 Å². The molecule has 1 atom stereocenters. The van der Waals surface area contributed by atoms with Gasteiger partial charge in [0, 0.05) is 11.6 Å². The second kappa shape index (κ2) is 5.06. The Balaban J connectivity index is 2.09. The molecule has 0 bridgehead atoms. The molecule has 17 heavy (non-hydrogen) atoms. The molecule has 1 aromatic heterocycles. The SMILES string of the molecule is COc1cccc(CC(N)c2coc(C)c2)c1. The number of hydrogen-bond acceptors (Lipinski definition) is 3. The van der Waals surface area contributed by atoms with Crippen LogP contribution in [0.1, 0.15) is 22.9 Å². The lowest BCUT2D eigenvalue weighted by atomic mass is 10.0. The standard InChI is InChI=1S/C14H17NO2/c1-10-6-12(9-17-10)14(15)8-11-4-3-5-13(7-11)16-2/h3-7,9,14H,8,15H2,1-2H3. The highest BCUT2D eigenvalue weighted by atomic mass is 16.5. The molecule has 0 saturated heterocycles. The molecule has 90 valence electrons. The summed E-state index contributed by atoms with van der Waals surface area (Å²) in [4.78, 5) is 0. The number of hydrogen-bond donors (Lipinski definition) is 1. The van der Waals surface area contributed by atoms with E-state index < -0.39 is 0 Å². The van der Waals surface area contributed by atoms with Crippen molar-refractivity contribution in [1.29, 1.82) is 0 Å². The molecule has 0 amide bonds. The van der Waals surface area contributed by atoms with Gasteiger partial charge in [0.25, 0.3) is 0 Å². The van der Waals surface area contributed by atoms with E-state index >= 15 is 0 Å². The summed E-state index contributed by atoms with van der Waals surface area (Å²) < 4.78 is 10.5. The van der Waals surface area contributed by atoms with Gasteiger partial charge in [-0.1, -0.05) is 12.1 Å². The Hall–Kier alpha value is -1.74. The van der Waals surface area contributed by atoms with Gasteiger partial charge in [-0.2, -0.15) is 0 Å². The fraction of sp³-hybridized carbons (Fsp3) is 0.286. The molecular formula is C14H17NO2. The van der Waals surface area contributed by atoms with Gasteiger partial charge in [-0.05, 0) is 37.1 Å². The topological polar surface area (TPSA) is 48.4 Å². The van der Waals surface area contributed by atoms with Crippen LogP contribution in [-0.2, 0) is 6.42 Å². The van der Waals surface area contributed by atoms with Gasteiger partial charge in [0.15, 0.2) is 0 Å². The smallest absolute Gasteiger partial charge is 0.119 e. The van der Waals surface area contributed by atoms with Crippen molar-refractivity contribution in [2.75, 3.05) is 7.11 Å². The summed E-state index contributed by atoms with van der Waals surface area (Å²) in [5.41, 5.74) is 8.33. The lowest BCUT2D eigenvalue weighted by molar-refractivity contribution is 0.414. The zero-order valence-corrected chi connectivity index (χ0v) is 10.1. The number of furan rings is 1. The van der Waals surface area contributed by atoms with Crippen LogP contribution in [0.4, 0.5) is 0 Å². The van der Waals surface area contributed by atoms with Gasteiger partial charge >= 0.3 is 0 Å². The quantitative estimate of drug-likeness (QED) is 0.880. The molecule has 2 aromatic rings. The van der Waals surface area contributed by atoms with Gasteiger partial charge in [0.2, 0.25) is 0 Å². The minimum atomic E-state index is -0.0421. The Labute approximate surface area is 101 Å². The number of nitrogens with two attached hydrogens (primary N) is 1. The van der Waals surface area contributed by atoms with Crippen LogP contribution in [-0.4, -0.2) is 7.11 Å². The van der Waals surface area contributed by atoms with Gasteiger partial charge < -0.3 is 14.9 Å². The van der Waals surface area contributed by atoms with Gasteiger partial charge in [0.05, 0.1) is 13.4 Å². The van der Waals surface area contributed by atoms with E-state index in [1.54, 1.807) is 13.4 Å². The van der Waals surface area contributed by atoms with E-state index in [2.05, 4.69) is 6.07 Å². The van der Waals surface area contributed by atoms with Crippen LogP contribution in [0.5, 0.6) is 5.75 Å². The highest BCUT2D eigenvalue weighted by Crippen LogP contribution is 2.20. The summed E-state index contributed by atoms with van der Waals surface area (Å²) in [6.45, 7) is 1.92. The maximum Gasteiger partial charge on any atom is 0.119 e. The number of rotatable bonds is 4. The average Bonchev–Trinajstić information content (AvgIpc) is 2.76. The monoisotopic (exact) mass is 231 g/mol. The molecule has 1 heterocycles. The third-order valence-corrected chi connectivity index (χ3v) is 2.77. The van der Waals surface area contributed by atoms with Crippen molar-refractivity contribution in [3.05, 3.63) is 53.5 Å². The molecule has 2 N–H and O–H groups in total. The first-order valence-electron chi connectivity index (χ1n) is 5.62. The molecule has 0 aliphatic rings. The van der Waals surface area contributed by atoms with E-state index in [0.29, 0.717) is 0 Å². The third-order valence-electron chi connectivity index (χ3n) is 2.77. The molecule has 2 rings (SSSR count). The first kappa shape index (κ1) is 11.7. The van der Waals surface area contributed by atoms with Gasteiger partial charge in [-0.3, -0.25) is 0 Å². The summed E-state index contributed by atoms with van der Waals surface area (Å²) in [5.74, 6) is 1.75. The summed E-state index contributed by atoms with van der Waals surface area (Å²) in [7, 11) is 1.67. The summed E-state index contributed by atoms with van der Waals surface area (Å²) >= 11 is 0. The molecule has 3 nitrogen and oxygen atoms in total. The molecule has 1 aromatic carbocycles. The highest BCUT2D eigenvalue weighted by molar-refractivity contribution is 5.30. The Bertz CT molecular complexity index is 490. The minimum Gasteiger partial charge on any atom is -0.497 e. The fourth-order valence-electron chi connectivity index (χ4n) is 1.83. The molecule has 0 spiro atoms. The molecule has 3 heteroatoms. The number of ether oxygens (including phenoxy) is 1. The van der Waals surface area contributed by atoms with Crippen LogP contribution < -0.4 is 10.5 Å². The van der Waals surface area contributed by atoms with Gasteiger partial charge in [-0.25, -0.2) is 0 Å². The van der Waals surface area contributed by atoms with Gasteiger partial charge in [0.1, 0.15) is 11.5 Å². The van der Waals surface area contributed by atoms with Crippen molar-refractivity contribution in [3.8, 4) is 5.75 Å². The first-order chi connectivity index (χ1) is 8.19. The third kappa shape index (κ3) is 2.88. The molecule has 0 aliphatic heterocycles. The van der Waals surface area contributed by atoms with E-state index in [0.717, 1.165) is 29.1 Å². The largest absolute Gasteiger partial charge is 0.497 e. The van der Waals surface area contributed by atoms with Crippen LogP contribution in [0, 0.1) is 6.92 Å². The van der Waals surface area contributed by atoms with Crippen molar-refractivity contribution in [3.63, 3.8) is 0 Å². The Morgan fingerprint density at radius 2 is 2.18 bits per heavy atom. The maximum absolute atomic E-state index is 6.13. The van der Waals surface area contributed by atoms with Crippen LogP contribution >= 0.6 is 0 Å². The van der Waals surface area contributed by atoms with Crippen molar-refractivity contribution < 1.29 is 9.15 Å². The summed E-state index contributed by atoms with van der Waals surface area (Å²) in [5, 5.41) is 0. The lowest BCUT2D eigenvalue weighted by Gasteiger charge is -2.10. The van der Waals surface area contributed by atoms with E-state index in [1.807, 2.05) is 31.2 Å². The average molecular weight is 231 g/mol. The van der Waals surface area contributed by atoms with E-state index in [-0.39, 0.29) is 6.04 Å². The van der Waals surface area contributed by atoms with Crippen LogP contribution in [0.25, 0.3) is 0 Å². The molecular weight excluding hydrogens is 214 g/mol. The second-order valence-electron chi connectivity index (χ2n) is 4.15. The van der Waals surface area contributed by atoms with Crippen molar-refractivity contribution in [2.24, 2.45) is 5.73 Å². The number of methoxy groups -OCH3 is 1. The predicted molar refractivity (Wildman–Crippen MR) is 67.1 cm³/mol. The van der Waals surface area contributed by atoms with Crippen molar-refractivity contribution in [2.45, 2.75) is 19.4 Å². The Morgan fingerprint density at radius 1 is 1.35 bits per heavy atom. The van der Waals surface area contributed by atoms with Crippen LogP contribution in [0.3, 0.4) is 0 Å². The second-order valence-corrected chi connectivity index (χ2v) is 4.15. The molecule has 0 fully saturated rings. The first-order valence-corrected chi connectivity index (χ1v) is 5.62. The molecule has 0 radical (unpaired) electrons. The molecule has 0 aliphatic carbocycles. The molecule has 1 unspecified atom stereocenters. The summed E-state index contributed by atoms with van der Waals surface area (Å²) in [6.07, 6.45) is 2.50. The van der Waals surface area contributed by atoms with Crippen molar-refractivity contribution in [1.82, 2.24) is 0 Å². The van der Waals surface area contributed by atoms with E-state index in [9.17, 15) is 0 Å². The fourth-order valence-corrected chi connectivity index (χ4v) is 1.83. The lowest BCUT2D eigenvalue weighted by Crippen LogP contribution is -2.12. The van der Waals surface area contributed by atoms with Crippen molar-refractivity contribution >= 4 is 0 Å². The zero-order valence-electron chi connectivity index (χ0n) is 10.1. The van der Waals surface area contributed by atoms with E-state index in [1.165, 1.54) is 0 Å². The minimum absolute atomic E-state index is 0.0421. The summed E-state index contributed by atoms with van der Waals surface area (Å²) in [6, 6.07) is 9.89. The predicted octanol–water partition coefficient (Wildman–Crippen LogP) is 2.84. The zero-order chi connectivity index (χ0) is 12.3. The number of benzene rings is 1. The number of aryl methyl sites for hydroxylation is 1. The Kier molecular flexibility index (Phi) is 3.49. The molecule has 0 saturated carbocycles. The van der Waals surface area contributed by atoms with Crippen LogP contribution in [0.15, 0.2) is 41.0 Å². The maximum atomic E-state index is 6.13.